The van der Waals surface area contributed by atoms with Gasteiger partial charge in [-0.2, -0.15) is 4.72 Å². The molecule has 132 valence electrons. The zero-order chi connectivity index (χ0) is 18.4. The molecule has 0 aromatic heterocycles. The van der Waals surface area contributed by atoms with Crippen LogP contribution in [-0.2, 0) is 19.6 Å². The van der Waals surface area contributed by atoms with Crippen LogP contribution in [0.3, 0.4) is 0 Å². The molecule has 0 amide bonds. The van der Waals surface area contributed by atoms with Crippen LogP contribution >= 0.6 is 15.9 Å². The fraction of sp³-hybridized carbons (Fsp3) is 0.176. The number of nitrogens with one attached hydrogen (secondary N) is 1. The molecule has 0 heterocycles. The molecule has 0 saturated heterocycles. The number of rotatable bonds is 7. The van der Waals surface area contributed by atoms with Crippen molar-refractivity contribution in [1.29, 1.82) is 0 Å². The highest BCUT2D eigenvalue weighted by Gasteiger charge is 2.16. The second-order valence-electron chi connectivity index (χ2n) is 5.23. The standard InChI is InChI=1S/C17H16BrNO5S/c1-12-2-8-15(9-3-12)25(22,23)19-10-17(21)24-11-16(20)13-4-6-14(18)7-5-13/h2-9,19H,10-11H2,1H3. The van der Waals surface area contributed by atoms with E-state index in [4.69, 9.17) is 4.74 Å². The third-order valence-corrected chi connectivity index (χ3v) is 5.21. The number of hydrogen-bond acceptors (Lipinski definition) is 5. The van der Waals surface area contributed by atoms with Crippen LogP contribution in [0.5, 0.6) is 0 Å². The van der Waals surface area contributed by atoms with Gasteiger partial charge in [0.15, 0.2) is 12.4 Å². The van der Waals surface area contributed by atoms with Crippen molar-refractivity contribution >= 4 is 37.7 Å². The van der Waals surface area contributed by atoms with Gasteiger partial charge in [0.2, 0.25) is 10.0 Å². The van der Waals surface area contributed by atoms with Gasteiger partial charge >= 0.3 is 5.97 Å². The summed E-state index contributed by atoms with van der Waals surface area (Å²) in [5, 5.41) is 0. The van der Waals surface area contributed by atoms with Crippen molar-refractivity contribution in [2.24, 2.45) is 0 Å². The van der Waals surface area contributed by atoms with Crippen molar-refractivity contribution in [3.8, 4) is 0 Å². The summed E-state index contributed by atoms with van der Waals surface area (Å²) in [4.78, 5) is 23.6. The highest BCUT2D eigenvalue weighted by molar-refractivity contribution is 9.10. The van der Waals surface area contributed by atoms with Crippen molar-refractivity contribution in [3.05, 3.63) is 64.1 Å². The van der Waals surface area contributed by atoms with Gasteiger partial charge in [0.25, 0.3) is 0 Å². The summed E-state index contributed by atoms with van der Waals surface area (Å²) in [6.45, 7) is 0.834. The molecular formula is C17H16BrNO5S. The summed E-state index contributed by atoms with van der Waals surface area (Å²) in [7, 11) is -3.81. The van der Waals surface area contributed by atoms with Gasteiger partial charge in [-0.25, -0.2) is 8.42 Å². The predicted octanol–water partition coefficient (Wildman–Crippen LogP) is 2.46. The van der Waals surface area contributed by atoms with Gasteiger partial charge in [0.05, 0.1) is 4.90 Å². The number of benzene rings is 2. The van der Waals surface area contributed by atoms with Gasteiger partial charge in [-0.05, 0) is 31.2 Å². The molecule has 6 nitrogen and oxygen atoms in total. The fourth-order valence-corrected chi connectivity index (χ4v) is 3.10. The SMILES string of the molecule is Cc1ccc(S(=O)(=O)NCC(=O)OCC(=O)c2ccc(Br)cc2)cc1. The molecule has 0 bridgehead atoms. The zero-order valence-corrected chi connectivity index (χ0v) is 15.8. The Morgan fingerprint density at radius 3 is 2.24 bits per heavy atom. The van der Waals surface area contributed by atoms with E-state index in [9.17, 15) is 18.0 Å². The normalized spacial score (nSPS) is 11.1. The first kappa shape index (κ1) is 19.3. The van der Waals surface area contributed by atoms with Gasteiger partial charge in [0.1, 0.15) is 6.54 Å². The molecule has 0 fully saturated rings. The van der Waals surface area contributed by atoms with E-state index in [0.29, 0.717) is 5.56 Å². The van der Waals surface area contributed by atoms with E-state index < -0.39 is 29.1 Å². The first-order valence-electron chi connectivity index (χ1n) is 7.29. The Morgan fingerprint density at radius 2 is 1.64 bits per heavy atom. The van der Waals surface area contributed by atoms with Crippen LogP contribution in [0, 0.1) is 6.92 Å². The highest BCUT2D eigenvalue weighted by Crippen LogP contribution is 2.11. The van der Waals surface area contributed by atoms with E-state index >= 15 is 0 Å². The number of halogens is 1. The minimum Gasteiger partial charge on any atom is -0.456 e. The molecule has 25 heavy (non-hydrogen) atoms. The van der Waals surface area contributed by atoms with Gasteiger partial charge in [-0.3, -0.25) is 9.59 Å². The fourth-order valence-electron chi connectivity index (χ4n) is 1.87. The second-order valence-corrected chi connectivity index (χ2v) is 7.91. The van der Waals surface area contributed by atoms with Crippen molar-refractivity contribution < 1.29 is 22.7 Å². The first-order chi connectivity index (χ1) is 11.8. The lowest BCUT2D eigenvalue weighted by molar-refractivity contribution is -0.141. The van der Waals surface area contributed by atoms with E-state index in [0.717, 1.165) is 10.0 Å². The van der Waals surface area contributed by atoms with Crippen molar-refractivity contribution in [2.75, 3.05) is 13.2 Å². The van der Waals surface area contributed by atoms with Crippen LogP contribution in [0.2, 0.25) is 0 Å². The number of ether oxygens (including phenoxy) is 1. The van der Waals surface area contributed by atoms with Crippen LogP contribution in [-0.4, -0.2) is 33.3 Å². The average molecular weight is 426 g/mol. The lowest BCUT2D eigenvalue weighted by Gasteiger charge is -2.07. The maximum Gasteiger partial charge on any atom is 0.321 e. The number of carbonyl (C=O) groups is 2. The molecule has 0 radical (unpaired) electrons. The molecule has 2 rings (SSSR count). The Labute approximate surface area is 154 Å². The van der Waals surface area contributed by atoms with E-state index in [2.05, 4.69) is 20.7 Å². The van der Waals surface area contributed by atoms with Gasteiger partial charge in [-0.1, -0.05) is 45.8 Å². The molecule has 0 unspecified atom stereocenters. The largest absolute Gasteiger partial charge is 0.456 e. The van der Waals surface area contributed by atoms with Crippen LogP contribution in [0.15, 0.2) is 57.9 Å². The van der Waals surface area contributed by atoms with Crippen molar-refractivity contribution in [2.45, 2.75) is 11.8 Å². The van der Waals surface area contributed by atoms with Crippen LogP contribution in [0.4, 0.5) is 0 Å². The molecule has 1 N–H and O–H groups in total. The van der Waals surface area contributed by atoms with Crippen LogP contribution < -0.4 is 4.72 Å². The molecule has 8 heteroatoms. The number of Topliss-reactive ketones (excluding diaryl/α,β-unsaturated/α-hetero) is 1. The minimum atomic E-state index is -3.81. The van der Waals surface area contributed by atoms with Crippen LogP contribution in [0.1, 0.15) is 15.9 Å². The lowest BCUT2D eigenvalue weighted by atomic mass is 10.1. The number of carbonyl (C=O) groups excluding carboxylic acids is 2. The molecule has 0 spiro atoms. The van der Waals surface area contributed by atoms with Crippen LogP contribution in [0.25, 0.3) is 0 Å². The zero-order valence-electron chi connectivity index (χ0n) is 13.4. The summed E-state index contributed by atoms with van der Waals surface area (Å²) in [5.41, 5.74) is 1.32. The van der Waals surface area contributed by atoms with E-state index in [-0.39, 0.29) is 10.7 Å². The molecular weight excluding hydrogens is 410 g/mol. The summed E-state index contributed by atoms with van der Waals surface area (Å²) in [5.74, 6) is -1.21. The van der Waals surface area contributed by atoms with E-state index in [1.165, 1.54) is 12.1 Å². The number of ketones is 1. The molecule has 0 aliphatic carbocycles. The van der Waals surface area contributed by atoms with Gasteiger partial charge in [0, 0.05) is 10.0 Å². The molecule has 2 aromatic carbocycles. The number of sulfonamides is 1. The van der Waals surface area contributed by atoms with E-state index in [1.807, 2.05) is 6.92 Å². The molecule has 0 aliphatic heterocycles. The lowest BCUT2D eigenvalue weighted by Crippen LogP contribution is -2.31. The summed E-state index contributed by atoms with van der Waals surface area (Å²) in [6, 6.07) is 12.8. The number of hydrogen-bond donors (Lipinski definition) is 1. The Morgan fingerprint density at radius 1 is 1.04 bits per heavy atom. The number of aryl methyl sites for hydroxylation is 1. The molecule has 0 aliphatic rings. The predicted molar refractivity (Wildman–Crippen MR) is 95.8 cm³/mol. The Balaban J connectivity index is 1.85. The summed E-state index contributed by atoms with van der Waals surface area (Å²) >= 11 is 3.26. The molecule has 2 aromatic rings. The Hall–Kier alpha value is -2.03. The maximum absolute atomic E-state index is 12.0. The highest BCUT2D eigenvalue weighted by atomic mass is 79.9. The van der Waals surface area contributed by atoms with Gasteiger partial charge in [-0.15, -0.1) is 0 Å². The third kappa shape index (κ3) is 5.77. The van der Waals surface area contributed by atoms with Crippen molar-refractivity contribution in [1.82, 2.24) is 4.72 Å². The molecule has 0 saturated carbocycles. The Kier molecular flexibility index (Phi) is 6.46. The number of esters is 1. The third-order valence-electron chi connectivity index (χ3n) is 3.27. The second kappa shape index (κ2) is 8.37. The van der Waals surface area contributed by atoms with E-state index in [1.54, 1.807) is 36.4 Å². The quantitative estimate of drug-likeness (QED) is 0.543. The average Bonchev–Trinajstić information content (AvgIpc) is 2.59. The smallest absolute Gasteiger partial charge is 0.321 e. The minimum absolute atomic E-state index is 0.0526. The topological polar surface area (TPSA) is 89.5 Å². The van der Waals surface area contributed by atoms with Crippen molar-refractivity contribution in [3.63, 3.8) is 0 Å². The summed E-state index contributed by atoms with van der Waals surface area (Å²) in [6.07, 6.45) is 0. The monoisotopic (exact) mass is 425 g/mol. The van der Waals surface area contributed by atoms with Gasteiger partial charge < -0.3 is 4.74 Å². The maximum atomic E-state index is 12.0. The first-order valence-corrected chi connectivity index (χ1v) is 9.56. The Bertz CT molecular complexity index is 861. The summed E-state index contributed by atoms with van der Waals surface area (Å²) < 4.78 is 31.9. The molecule has 0 atom stereocenters.